The Morgan fingerprint density at radius 1 is 1.38 bits per heavy atom. The molecule has 0 spiro atoms. The van der Waals surface area contributed by atoms with Crippen molar-refractivity contribution in [2.75, 3.05) is 14.1 Å². The Morgan fingerprint density at radius 2 is 2.00 bits per heavy atom. The van der Waals surface area contributed by atoms with Crippen LogP contribution in [0.2, 0.25) is 0 Å². The van der Waals surface area contributed by atoms with Gasteiger partial charge in [0.1, 0.15) is 0 Å². The smallest absolute Gasteiger partial charge is 0.260 e. The third kappa shape index (κ3) is 0.956. The van der Waals surface area contributed by atoms with Crippen molar-refractivity contribution in [3.05, 3.63) is 0 Å². The van der Waals surface area contributed by atoms with Gasteiger partial charge in [-0.25, -0.2) is 0 Å². The molecule has 3 fully saturated rings. The zero-order valence-electron chi connectivity index (χ0n) is 7.60. The molecular formula is C7H10N2O2S2. The van der Waals surface area contributed by atoms with Crippen molar-refractivity contribution in [1.29, 1.82) is 0 Å². The van der Waals surface area contributed by atoms with E-state index < -0.39 is 4.87 Å². The molecule has 0 saturated carbocycles. The van der Waals surface area contributed by atoms with E-state index in [9.17, 15) is 9.59 Å². The lowest BCUT2D eigenvalue weighted by molar-refractivity contribution is -0.156. The summed E-state index contributed by atoms with van der Waals surface area (Å²) in [5.41, 5.74) is 0. The first-order chi connectivity index (χ1) is 5.98. The summed E-state index contributed by atoms with van der Waals surface area (Å²) in [4.78, 5) is 25.8. The van der Waals surface area contributed by atoms with Crippen molar-refractivity contribution in [2.24, 2.45) is 0 Å². The highest BCUT2D eigenvalue weighted by Gasteiger charge is 2.57. The largest absolute Gasteiger partial charge is 0.322 e. The number of likely N-dealkylation sites (N-methyl/N-ethyl adjacent to an activating group) is 2. The van der Waals surface area contributed by atoms with Gasteiger partial charge in [0.2, 0.25) is 0 Å². The van der Waals surface area contributed by atoms with Gasteiger partial charge in [0.25, 0.3) is 11.8 Å². The molecule has 0 radical (unpaired) electrons. The van der Waals surface area contributed by atoms with Crippen LogP contribution in [0.1, 0.15) is 6.92 Å². The zero-order valence-corrected chi connectivity index (χ0v) is 9.24. The van der Waals surface area contributed by atoms with E-state index in [1.54, 1.807) is 25.9 Å². The number of carbonyl (C=O) groups excluding carboxylic acids is 2. The van der Waals surface area contributed by atoms with Crippen LogP contribution in [0.15, 0.2) is 0 Å². The van der Waals surface area contributed by atoms with Crippen molar-refractivity contribution < 1.29 is 9.59 Å². The van der Waals surface area contributed by atoms with Crippen LogP contribution in [-0.2, 0) is 9.59 Å². The van der Waals surface area contributed by atoms with Crippen LogP contribution in [0.4, 0.5) is 0 Å². The lowest BCUT2D eigenvalue weighted by Gasteiger charge is -2.51. The third-order valence-corrected chi connectivity index (χ3v) is 5.93. The number of hydrogen-bond donors (Lipinski definition) is 0. The van der Waals surface area contributed by atoms with Crippen LogP contribution < -0.4 is 0 Å². The Morgan fingerprint density at radius 3 is 2.62 bits per heavy atom. The molecule has 0 aromatic rings. The van der Waals surface area contributed by atoms with Gasteiger partial charge in [0.05, 0.1) is 0 Å². The lowest BCUT2D eigenvalue weighted by Crippen LogP contribution is -2.68. The van der Waals surface area contributed by atoms with Gasteiger partial charge in [-0.2, -0.15) is 0 Å². The Bertz CT molecular complexity index is 292. The summed E-state index contributed by atoms with van der Waals surface area (Å²) in [6.45, 7) is 1.79. The van der Waals surface area contributed by atoms with E-state index in [0.717, 1.165) is 0 Å². The average molecular weight is 218 g/mol. The van der Waals surface area contributed by atoms with Gasteiger partial charge >= 0.3 is 0 Å². The molecule has 6 heteroatoms. The summed E-state index contributed by atoms with van der Waals surface area (Å²) in [7, 11) is 6.31. The quantitative estimate of drug-likeness (QED) is 0.550. The Kier molecular flexibility index (Phi) is 1.82. The van der Waals surface area contributed by atoms with Crippen molar-refractivity contribution in [3.63, 3.8) is 0 Å². The maximum Gasteiger partial charge on any atom is 0.260 e. The highest BCUT2D eigenvalue weighted by atomic mass is 33.1. The van der Waals surface area contributed by atoms with E-state index in [0.29, 0.717) is 0 Å². The van der Waals surface area contributed by atoms with Crippen LogP contribution in [0.25, 0.3) is 0 Å². The minimum absolute atomic E-state index is 0.0170. The van der Waals surface area contributed by atoms with E-state index in [2.05, 4.69) is 0 Å². The molecule has 0 aromatic heterocycles. The second-order valence-electron chi connectivity index (χ2n) is 3.33. The number of nitrogens with zero attached hydrogens (tertiary/aromatic N) is 2. The molecule has 2 unspecified atom stereocenters. The molecular weight excluding hydrogens is 208 g/mol. The van der Waals surface area contributed by atoms with Crippen LogP contribution in [0.3, 0.4) is 0 Å². The first-order valence-electron chi connectivity index (χ1n) is 3.88. The summed E-state index contributed by atoms with van der Waals surface area (Å²) in [6.07, 6.45) is 0. The van der Waals surface area contributed by atoms with Gasteiger partial charge < -0.3 is 9.80 Å². The van der Waals surface area contributed by atoms with E-state index in [1.807, 2.05) is 0 Å². The molecule has 4 nitrogen and oxygen atoms in total. The molecule has 3 aliphatic heterocycles. The molecule has 0 aromatic carbocycles. The predicted molar refractivity (Wildman–Crippen MR) is 52.9 cm³/mol. The zero-order chi connectivity index (χ0) is 9.80. The number of carbonyl (C=O) groups is 2. The highest BCUT2D eigenvalue weighted by molar-refractivity contribution is 8.78. The molecule has 13 heavy (non-hydrogen) atoms. The molecule has 3 aliphatic rings. The van der Waals surface area contributed by atoms with Crippen LogP contribution in [0, 0.1) is 0 Å². The maximum atomic E-state index is 11.8. The van der Waals surface area contributed by atoms with Crippen LogP contribution >= 0.6 is 21.6 Å². The van der Waals surface area contributed by atoms with Gasteiger partial charge in [-0.1, -0.05) is 21.6 Å². The minimum Gasteiger partial charge on any atom is -0.322 e. The molecule has 0 aliphatic carbocycles. The molecule has 3 saturated heterocycles. The van der Waals surface area contributed by atoms with Crippen molar-refractivity contribution in [1.82, 2.24) is 9.80 Å². The molecule has 72 valence electrons. The maximum absolute atomic E-state index is 11.8. The Balaban J connectivity index is 2.45. The molecule has 2 amide bonds. The molecule has 0 N–H and O–H groups in total. The number of fused-ring (bicyclic) bond motifs is 3. The second-order valence-corrected chi connectivity index (χ2v) is 6.01. The third-order valence-electron chi connectivity index (χ3n) is 2.55. The summed E-state index contributed by atoms with van der Waals surface area (Å²) in [5, 5.41) is -0.329. The molecule has 2 atom stereocenters. The van der Waals surface area contributed by atoms with Gasteiger partial charge in [0.15, 0.2) is 10.2 Å². The monoisotopic (exact) mass is 218 g/mol. The summed E-state index contributed by atoms with van der Waals surface area (Å²) < 4.78 is 0. The van der Waals surface area contributed by atoms with Gasteiger partial charge in [-0.05, 0) is 6.92 Å². The average Bonchev–Trinajstić information content (AvgIpc) is 2.10. The topological polar surface area (TPSA) is 40.6 Å². The Hall–Kier alpha value is -0.360. The van der Waals surface area contributed by atoms with Gasteiger partial charge in [0, 0.05) is 14.1 Å². The lowest BCUT2D eigenvalue weighted by atomic mass is 10.2. The Labute approximate surface area is 84.4 Å². The van der Waals surface area contributed by atoms with Crippen molar-refractivity contribution >= 4 is 33.4 Å². The fourth-order valence-corrected chi connectivity index (χ4v) is 4.64. The van der Waals surface area contributed by atoms with E-state index in [1.165, 1.54) is 26.5 Å². The first-order valence-corrected chi connectivity index (χ1v) is 6.09. The van der Waals surface area contributed by atoms with Crippen molar-refractivity contribution in [2.45, 2.75) is 17.2 Å². The summed E-state index contributed by atoms with van der Waals surface area (Å²) >= 11 is 0. The fraction of sp³-hybridized carbons (Fsp3) is 0.714. The van der Waals surface area contributed by atoms with E-state index >= 15 is 0 Å². The predicted octanol–water partition coefficient (Wildman–Crippen LogP) is 0.354. The standard InChI is InChI=1S/C7H10N2O2S2/c1-7-6(11)8(2)5(12-13-7)4(10)9(7)3/h5H,1-3H3. The van der Waals surface area contributed by atoms with E-state index in [-0.39, 0.29) is 17.2 Å². The molecule has 2 bridgehead atoms. The summed E-state index contributed by atoms with van der Waals surface area (Å²) in [5.74, 6) is 0.0386. The van der Waals surface area contributed by atoms with Gasteiger partial charge in [-0.15, -0.1) is 0 Å². The molecule has 3 heterocycles. The normalized spacial score (nSPS) is 38.8. The molecule has 3 rings (SSSR count). The fourth-order valence-electron chi connectivity index (χ4n) is 1.46. The first kappa shape index (κ1) is 9.21. The number of hydrogen-bond acceptors (Lipinski definition) is 4. The SMILES string of the molecule is CN1C(=O)C2(C)SSC1C(=O)N2C. The highest BCUT2D eigenvalue weighted by Crippen LogP contribution is 2.51. The van der Waals surface area contributed by atoms with Crippen LogP contribution in [0.5, 0.6) is 0 Å². The number of piperazine rings is 1. The van der Waals surface area contributed by atoms with Gasteiger partial charge in [-0.3, -0.25) is 9.59 Å². The minimum atomic E-state index is -0.703. The second kappa shape index (κ2) is 2.57. The van der Waals surface area contributed by atoms with Crippen molar-refractivity contribution in [3.8, 4) is 0 Å². The summed E-state index contributed by atoms with van der Waals surface area (Å²) in [6, 6.07) is 0. The number of amides is 2. The number of rotatable bonds is 0. The van der Waals surface area contributed by atoms with E-state index in [4.69, 9.17) is 0 Å². The van der Waals surface area contributed by atoms with Crippen LogP contribution in [-0.4, -0.2) is 46.0 Å².